The second-order valence-electron chi connectivity index (χ2n) is 4.97. The minimum absolute atomic E-state index is 0.490. The minimum Gasteiger partial charge on any atom is -0.399 e. The molecule has 3 nitrogen and oxygen atoms in total. The maximum atomic E-state index is 6.67. The van der Waals surface area contributed by atoms with Gasteiger partial charge < -0.3 is 17.2 Å². The normalized spacial score (nSPS) is 11.5. The Morgan fingerprint density at radius 3 is 1.47 bits per heavy atom. The molecule has 0 unspecified atom stereocenters. The zero-order valence-corrected chi connectivity index (χ0v) is 11.3. The van der Waals surface area contributed by atoms with E-state index in [1.54, 1.807) is 0 Å². The monoisotopic (exact) mass is 255 g/mol. The summed E-state index contributed by atoms with van der Waals surface area (Å²) in [5, 5.41) is 0. The number of nitrogens with two attached hydrogens (primary N) is 3. The van der Waals surface area contributed by atoms with Crippen molar-refractivity contribution in [2.24, 2.45) is 5.73 Å². The van der Waals surface area contributed by atoms with Crippen LogP contribution >= 0.6 is 0 Å². The van der Waals surface area contributed by atoms with Crippen molar-refractivity contribution in [3.8, 4) is 0 Å². The lowest BCUT2D eigenvalue weighted by Crippen LogP contribution is -2.37. The van der Waals surface area contributed by atoms with E-state index in [0.29, 0.717) is 0 Å². The number of hydrogen-bond acceptors (Lipinski definition) is 3. The summed E-state index contributed by atoms with van der Waals surface area (Å²) >= 11 is 0. The highest BCUT2D eigenvalue weighted by atomic mass is 14.7. The molecule has 2 aromatic carbocycles. The molecule has 0 atom stereocenters. The van der Waals surface area contributed by atoms with Crippen LogP contribution in [-0.4, -0.2) is 0 Å². The lowest BCUT2D eigenvalue weighted by atomic mass is 9.80. The van der Waals surface area contributed by atoms with Crippen LogP contribution in [0.2, 0.25) is 0 Å². The Balaban J connectivity index is 2.47. The largest absolute Gasteiger partial charge is 0.399 e. The highest BCUT2D eigenvalue weighted by Gasteiger charge is 2.28. The average Bonchev–Trinajstić information content (AvgIpc) is 2.40. The highest BCUT2D eigenvalue weighted by molar-refractivity contribution is 5.48. The molecule has 100 valence electrons. The van der Waals surface area contributed by atoms with Gasteiger partial charge in [0.1, 0.15) is 0 Å². The van der Waals surface area contributed by atoms with Crippen molar-refractivity contribution in [3.05, 3.63) is 59.7 Å². The molecule has 0 aliphatic heterocycles. The lowest BCUT2D eigenvalue weighted by Gasteiger charge is -2.31. The van der Waals surface area contributed by atoms with E-state index in [1.807, 2.05) is 48.5 Å². The van der Waals surface area contributed by atoms with Crippen LogP contribution in [0, 0.1) is 0 Å². The van der Waals surface area contributed by atoms with Gasteiger partial charge in [-0.2, -0.15) is 0 Å². The Kier molecular flexibility index (Phi) is 3.76. The molecule has 0 aliphatic carbocycles. The molecular formula is C16H21N3. The zero-order valence-electron chi connectivity index (χ0n) is 11.3. The molecule has 19 heavy (non-hydrogen) atoms. The predicted molar refractivity (Wildman–Crippen MR) is 81.6 cm³/mol. The van der Waals surface area contributed by atoms with E-state index in [9.17, 15) is 0 Å². The zero-order chi connectivity index (χ0) is 13.9. The molecule has 6 N–H and O–H groups in total. The molecule has 0 bridgehead atoms. The lowest BCUT2D eigenvalue weighted by molar-refractivity contribution is 0.485. The standard InChI is InChI=1S/C16H21N3/c1-2-11-16(19,12-3-7-14(17)8-4-12)13-5-9-15(18)10-6-13/h3-10H,2,11,17-19H2,1H3. The van der Waals surface area contributed by atoms with Crippen LogP contribution in [0.25, 0.3) is 0 Å². The van der Waals surface area contributed by atoms with Gasteiger partial charge in [0.25, 0.3) is 0 Å². The van der Waals surface area contributed by atoms with Crippen LogP contribution < -0.4 is 17.2 Å². The van der Waals surface area contributed by atoms with Crippen LogP contribution in [-0.2, 0) is 5.54 Å². The van der Waals surface area contributed by atoms with E-state index in [4.69, 9.17) is 17.2 Å². The van der Waals surface area contributed by atoms with Gasteiger partial charge in [0, 0.05) is 11.4 Å². The molecule has 3 heteroatoms. The van der Waals surface area contributed by atoms with Crippen molar-refractivity contribution < 1.29 is 0 Å². The molecule has 0 aliphatic rings. The van der Waals surface area contributed by atoms with E-state index in [0.717, 1.165) is 35.3 Å². The first kappa shape index (κ1) is 13.4. The first-order chi connectivity index (χ1) is 9.06. The Labute approximate surface area is 114 Å². The molecule has 0 radical (unpaired) electrons. The summed E-state index contributed by atoms with van der Waals surface area (Å²) in [4.78, 5) is 0. The van der Waals surface area contributed by atoms with E-state index in [-0.39, 0.29) is 0 Å². The van der Waals surface area contributed by atoms with E-state index >= 15 is 0 Å². The number of hydrogen-bond donors (Lipinski definition) is 3. The van der Waals surface area contributed by atoms with Crippen molar-refractivity contribution in [2.45, 2.75) is 25.3 Å². The van der Waals surface area contributed by atoms with E-state index in [1.165, 1.54) is 0 Å². The Hall–Kier alpha value is -2.00. The van der Waals surface area contributed by atoms with Crippen LogP contribution in [0.1, 0.15) is 30.9 Å². The van der Waals surface area contributed by atoms with Crippen molar-refractivity contribution in [1.29, 1.82) is 0 Å². The third-order valence-electron chi connectivity index (χ3n) is 3.50. The number of benzene rings is 2. The van der Waals surface area contributed by atoms with Gasteiger partial charge in [-0.15, -0.1) is 0 Å². The van der Waals surface area contributed by atoms with E-state index in [2.05, 4.69) is 6.92 Å². The van der Waals surface area contributed by atoms with Gasteiger partial charge in [-0.05, 0) is 41.8 Å². The van der Waals surface area contributed by atoms with Gasteiger partial charge in [-0.3, -0.25) is 0 Å². The summed E-state index contributed by atoms with van der Waals surface area (Å²) in [5.41, 5.74) is 21.3. The summed E-state index contributed by atoms with van der Waals surface area (Å²) in [5.74, 6) is 0. The van der Waals surface area contributed by atoms with Crippen LogP contribution in [0.5, 0.6) is 0 Å². The smallest absolute Gasteiger partial charge is 0.0665 e. The minimum atomic E-state index is -0.490. The summed E-state index contributed by atoms with van der Waals surface area (Å²) in [6.45, 7) is 2.14. The number of rotatable bonds is 4. The summed E-state index contributed by atoms with van der Waals surface area (Å²) < 4.78 is 0. The van der Waals surface area contributed by atoms with Crippen LogP contribution in [0.15, 0.2) is 48.5 Å². The Bertz CT molecular complexity index is 483. The Morgan fingerprint density at radius 2 is 1.16 bits per heavy atom. The maximum Gasteiger partial charge on any atom is 0.0665 e. The topological polar surface area (TPSA) is 78.1 Å². The molecular weight excluding hydrogens is 234 g/mol. The molecule has 0 saturated heterocycles. The molecule has 0 spiro atoms. The van der Waals surface area contributed by atoms with Gasteiger partial charge in [-0.25, -0.2) is 0 Å². The third kappa shape index (κ3) is 2.71. The quantitative estimate of drug-likeness (QED) is 0.735. The van der Waals surface area contributed by atoms with Crippen LogP contribution in [0.3, 0.4) is 0 Å². The summed E-state index contributed by atoms with van der Waals surface area (Å²) in [6.07, 6.45) is 1.88. The fourth-order valence-electron chi connectivity index (χ4n) is 2.41. The molecule has 0 saturated carbocycles. The molecule has 2 rings (SSSR count). The molecule has 0 heterocycles. The summed E-state index contributed by atoms with van der Waals surface area (Å²) in [7, 11) is 0. The maximum absolute atomic E-state index is 6.67. The second-order valence-corrected chi connectivity index (χ2v) is 4.97. The average molecular weight is 255 g/mol. The first-order valence-corrected chi connectivity index (χ1v) is 6.57. The predicted octanol–water partition coefficient (Wildman–Crippen LogP) is 2.85. The van der Waals surface area contributed by atoms with Crippen molar-refractivity contribution in [3.63, 3.8) is 0 Å². The Morgan fingerprint density at radius 1 is 0.789 bits per heavy atom. The molecule has 0 aromatic heterocycles. The summed E-state index contributed by atoms with van der Waals surface area (Å²) in [6, 6.07) is 15.6. The van der Waals surface area contributed by atoms with Gasteiger partial charge in [0.15, 0.2) is 0 Å². The molecule has 2 aromatic rings. The van der Waals surface area contributed by atoms with Crippen molar-refractivity contribution in [1.82, 2.24) is 0 Å². The van der Waals surface area contributed by atoms with Crippen molar-refractivity contribution >= 4 is 11.4 Å². The van der Waals surface area contributed by atoms with E-state index < -0.39 is 5.54 Å². The molecule has 0 amide bonds. The van der Waals surface area contributed by atoms with Gasteiger partial charge in [0.2, 0.25) is 0 Å². The molecule has 0 fully saturated rings. The first-order valence-electron chi connectivity index (χ1n) is 6.57. The third-order valence-corrected chi connectivity index (χ3v) is 3.50. The van der Waals surface area contributed by atoms with Gasteiger partial charge in [0.05, 0.1) is 5.54 Å². The van der Waals surface area contributed by atoms with Gasteiger partial charge in [-0.1, -0.05) is 37.6 Å². The SMILES string of the molecule is CCCC(N)(c1ccc(N)cc1)c1ccc(N)cc1. The van der Waals surface area contributed by atoms with Crippen LogP contribution in [0.4, 0.5) is 11.4 Å². The number of nitrogen functional groups attached to an aromatic ring is 2. The fourth-order valence-corrected chi connectivity index (χ4v) is 2.41. The van der Waals surface area contributed by atoms with Gasteiger partial charge >= 0.3 is 0 Å². The van der Waals surface area contributed by atoms with Crippen molar-refractivity contribution in [2.75, 3.05) is 11.5 Å². The number of anilines is 2. The highest BCUT2D eigenvalue weighted by Crippen LogP contribution is 2.32. The fraction of sp³-hybridized carbons (Fsp3) is 0.250. The second kappa shape index (κ2) is 5.33.